The fourth-order valence-corrected chi connectivity index (χ4v) is 3.46. The lowest BCUT2D eigenvalue weighted by atomic mass is 9.83. The van der Waals surface area contributed by atoms with Crippen molar-refractivity contribution < 1.29 is 19.8 Å². The van der Waals surface area contributed by atoms with Crippen LogP contribution in [-0.4, -0.2) is 45.7 Å². The fraction of sp³-hybridized carbons (Fsp3) is 0.500. The van der Waals surface area contributed by atoms with Gasteiger partial charge >= 0.3 is 5.97 Å². The molecule has 19 heavy (non-hydrogen) atoms. The normalized spacial score (nSPS) is 27.7. The predicted molar refractivity (Wildman–Crippen MR) is 70.9 cm³/mol. The molecule has 2 heterocycles. The van der Waals surface area contributed by atoms with Gasteiger partial charge in [-0.3, -0.25) is 4.79 Å². The molecule has 3 atom stereocenters. The zero-order valence-corrected chi connectivity index (χ0v) is 11.3. The number of hydrogen-bond donors (Lipinski definition) is 3. The highest BCUT2D eigenvalue weighted by Crippen LogP contribution is 2.47. The van der Waals surface area contributed by atoms with Crippen LogP contribution >= 0.6 is 11.8 Å². The van der Waals surface area contributed by atoms with E-state index in [-0.39, 0.29) is 17.6 Å². The van der Waals surface area contributed by atoms with E-state index in [0.717, 1.165) is 0 Å². The lowest BCUT2D eigenvalue weighted by Gasteiger charge is -2.44. The minimum absolute atomic E-state index is 0.0403. The Morgan fingerprint density at radius 3 is 2.89 bits per heavy atom. The Hall–Kier alpha value is -1.31. The highest BCUT2D eigenvalue weighted by Gasteiger charge is 2.56. The van der Waals surface area contributed by atoms with Gasteiger partial charge in [-0.2, -0.15) is 0 Å². The summed E-state index contributed by atoms with van der Waals surface area (Å²) in [4.78, 5) is 25.1. The van der Waals surface area contributed by atoms with Crippen LogP contribution in [0, 0.1) is 5.92 Å². The van der Waals surface area contributed by atoms with Crippen molar-refractivity contribution in [1.82, 2.24) is 4.90 Å². The number of hydrogen-bond acceptors (Lipinski definition) is 5. The molecule has 0 radical (unpaired) electrons. The molecule has 0 aromatic rings. The number of carbonyl (C=O) groups excluding carboxylic acids is 1. The van der Waals surface area contributed by atoms with Gasteiger partial charge in [-0.1, -0.05) is 6.08 Å². The molecule has 4 N–H and O–H groups in total. The summed E-state index contributed by atoms with van der Waals surface area (Å²) in [5.74, 6) is -1.91. The standard InChI is InChI=1S/C12H16N2O4S/c1-6(15)9-7-5-8(19-4-2-3-13)10(12(17)18)14(7)11(9)16/h2,4,6-7,9,15H,3,5,13H2,1H3,(H,17,18). The number of aliphatic hydroxyl groups excluding tert-OH is 1. The molecule has 2 aliphatic heterocycles. The molecule has 0 aromatic heterocycles. The Balaban J connectivity index is 2.21. The summed E-state index contributed by atoms with van der Waals surface area (Å²) >= 11 is 1.27. The molecule has 0 spiro atoms. The minimum atomic E-state index is -1.11. The maximum atomic E-state index is 11.9. The van der Waals surface area contributed by atoms with Crippen molar-refractivity contribution in [1.29, 1.82) is 0 Å². The third-order valence-electron chi connectivity index (χ3n) is 3.33. The van der Waals surface area contributed by atoms with Gasteiger partial charge in [-0.25, -0.2) is 4.79 Å². The zero-order chi connectivity index (χ0) is 14.2. The number of nitrogens with two attached hydrogens (primary N) is 1. The third-order valence-corrected chi connectivity index (χ3v) is 4.31. The number of β-lactam (4-membered cyclic amide) rings is 1. The van der Waals surface area contributed by atoms with Crippen molar-refractivity contribution >= 4 is 23.6 Å². The number of amides is 1. The highest BCUT2D eigenvalue weighted by molar-refractivity contribution is 8.05. The maximum Gasteiger partial charge on any atom is 0.353 e. The largest absolute Gasteiger partial charge is 0.477 e. The van der Waals surface area contributed by atoms with Gasteiger partial charge in [0.2, 0.25) is 5.91 Å². The second-order valence-corrected chi connectivity index (χ2v) is 5.55. The Bertz CT molecular complexity index is 472. The van der Waals surface area contributed by atoms with Crippen LogP contribution < -0.4 is 5.73 Å². The summed E-state index contributed by atoms with van der Waals surface area (Å²) in [6.45, 7) is 1.94. The Labute approximate surface area is 114 Å². The molecule has 0 saturated carbocycles. The number of nitrogens with zero attached hydrogens (tertiary/aromatic N) is 1. The summed E-state index contributed by atoms with van der Waals surface area (Å²) in [6.07, 6.45) is 1.44. The first kappa shape index (κ1) is 14.1. The molecule has 104 valence electrons. The smallest absolute Gasteiger partial charge is 0.353 e. The second kappa shape index (κ2) is 5.36. The van der Waals surface area contributed by atoms with Crippen LogP contribution in [0.3, 0.4) is 0 Å². The maximum absolute atomic E-state index is 11.9. The van der Waals surface area contributed by atoms with E-state index >= 15 is 0 Å². The molecule has 6 nitrogen and oxygen atoms in total. The van der Waals surface area contributed by atoms with Crippen LogP contribution in [0.15, 0.2) is 22.1 Å². The number of aliphatic hydroxyl groups is 1. The first-order valence-corrected chi connectivity index (χ1v) is 6.86. The Kier molecular flexibility index (Phi) is 3.98. The van der Waals surface area contributed by atoms with Gasteiger partial charge in [-0.15, -0.1) is 11.8 Å². The van der Waals surface area contributed by atoms with Crippen LogP contribution in [0.25, 0.3) is 0 Å². The number of thioether (sulfide) groups is 1. The third kappa shape index (κ3) is 2.29. The monoisotopic (exact) mass is 284 g/mol. The van der Waals surface area contributed by atoms with Crippen molar-refractivity contribution in [3.05, 3.63) is 22.1 Å². The van der Waals surface area contributed by atoms with Gasteiger partial charge in [0, 0.05) is 17.9 Å². The molecule has 7 heteroatoms. The fourth-order valence-electron chi connectivity index (χ4n) is 2.52. The number of carbonyl (C=O) groups is 2. The van der Waals surface area contributed by atoms with E-state index in [1.54, 1.807) is 18.4 Å². The van der Waals surface area contributed by atoms with Gasteiger partial charge in [0.1, 0.15) is 5.70 Å². The topological polar surface area (TPSA) is 104 Å². The number of aliphatic carboxylic acids is 1. The predicted octanol–water partition coefficient (Wildman–Crippen LogP) is 0.0997. The van der Waals surface area contributed by atoms with Crippen LogP contribution in [0.5, 0.6) is 0 Å². The summed E-state index contributed by atoms with van der Waals surface area (Å²) in [6, 6.07) is -0.229. The number of carboxylic acids is 1. The lowest BCUT2D eigenvalue weighted by Crippen LogP contribution is -2.61. The molecule has 0 aliphatic carbocycles. The number of rotatable bonds is 5. The molecule has 2 aliphatic rings. The molecule has 1 saturated heterocycles. The van der Waals surface area contributed by atoms with E-state index in [0.29, 0.717) is 17.9 Å². The number of fused-ring (bicyclic) bond motifs is 1. The molecule has 0 bridgehead atoms. The van der Waals surface area contributed by atoms with Crippen LogP contribution in [0.1, 0.15) is 13.3 Å². The molecular formula is C12H16N2O4S. The zero-order valence-electron chi connectivity index (χ0n) is 10.4. The van der Waals surface area contributed by atoms with E-state index in [4.69, 9.17) is 5.73 Å². The van der Waals surface area contributed by atoms with Crippen molar-refractivity contribution in [2.75, 3.05) is 6.54 Å². The average molecular weight is 284 g/mol. The molecule has 0 aromatic carbocycles. The van der Waals surface area contributed by atoms with E-state index < -0.39 is 18.0 Å². The first-order chi connectivity index (χ1) is 8.99. The van der Waals surface area contributed by atoms with Gasteiger partial charge < -0.3 is 20.8 Å². The van der Waals surface area contributed by atoms with E-state index in [1.165, 1.54) is 16.7 Å². The van der Waals surface area contributed by atoms with Gasteiger partial charge in [0.05, 0.1) is 18.1 Å². The quantitative estimate of drug-likeness (QED) is 0.619. The minimum Gasteiger partial charge on any atom is -0.477 e. The van der Waals surface area contributed by atoms with Gasteiger partial charge in [-0.05, 0) is 12.3 Å². The summed E-state index contributed by atoms with van der Waals surface area (Å²) in [5.41, 5.74) is 5.37. The average Bonchev–Trinajstić information content (AvgIpc) is 2.64. The van der Waals surface area contributed by atoms with Crippen molar-refractivity contribution in [2.45, 2.75) is 25.5 Å². The van der Waals surface area contributed by atoms with Crippen LogP contribution in [0.2, 0.25) is 0 Å². The Morgan fingerprint density at radius 2 is 2.37 bits per heavy atom. The lowest BCUT2D eigenvalue weighted by molar-refractivity contribution is -0.161. The number of carboxylic acid groups (broad SMARTS) is 1. The molecule has 3 unspecified atom stereocenters. The SMILES string of the molecule is CC(O)C1C(=O)N2C(C(=O)O)=C(SC=CCN)CC12. The molecule has 2 rings (SSSR count). The van der Waals surface area contributed by atoms with E-state index in [9.17, 15) is 19.8 Å². The van der Waals surface area contributed by atoms with Gasteiger partial charge in [0.25, 0.3) is 0 Å². The molecule has 1 fully saturated rings. The highest BCUT2D eigenvalue weighted by atomic mass is 32.2. The first-order valence-electron chi connectivity index (χ1n) is 5.98. The summed E-state index contributed by atoms with van der Waals surface area (Å²) in [7, 11) is 0. The van der Waals surface area contributed by atoms with E-state index in [1.807, 2.05) is 0 Å². The molecule has 1 amide bonds. The van der Waals surface area contributed by atoms with Crippen molar-refractivity contribution in [2.24, 2.45) is 11.7 Å². The van der Waals surface area contributed by atoms with Crippen molar-refractivity contribution in [3.8, 4) is 0 Å². The summed E-state index contributed by atoms with van der Waals surface area (Å²) < 4.78 is 0. The summed E-state index contributed by atoms with van der Waals surface area (Å²) in [5, 5.41) is 20.5. The van der Waals surface area contributed by atoms with Gasteiger partial charge in [0.15, 0.2) is 0 Å². The van der Waals surface area contributed by atoms with E-state index in [2.05, 4.69) is 0 Å². The van der Waals surface area contributed by atoms with Crippen LogP contribution in [0.4, 0.5) is 0 Å². The molecular weight excluding hydrogens is 268 g/mol. The van der Waals surface area contributed by atoms with Crippen molar-refractivity contribution in [3.63, 3.8) is 0 Å². The van der Waals surface area contributed by atoms with Crippen LogP contribution in [-0.2, 0) is 9.59 Å². The Morgan fingerprint density at radius 1 is 1.68 bits per heavy atom. The second-order valence-electron chi connectivity index (χ2n) is 4.55.